The number of para-hydroxylation sites is 7. The summed E-state index contributed by atoms with van der Waals surface area (Å²) in [6.07, 6.45) is 0. The molecule has 0 amide bonds. The highest BCUT2D eigenvalue weighted by atomic mass is 15.2. The Kier molecular flexibility index (Phi) is 17.7. The second kappa shape index (κ2) is 29.6. The van der Waals surface area contributed by atoms with Crippen molar-refractivity contribution in [3.63, 3.8) is 0 Å². The first kappa shape index (κ1) is 67.5. The van der Waals surface area contributed by atoms with Crippen molar-refractivity contribution in [3.05, 3.63) is 453 Å². The zero-order valence-corrected chi connectivity index (χ0v) is 62.3. The molecule has 113 heavy (non-hydrogen) atoms. The maximum atomic E-state index is 2.47. The number of hydrogen-bond acceptors (Lipinski definition) is 5. The first-order chi connectivity index (χ1) is 56.0. The monoisotopic (exact) mass is 1450 g/mol. The van der Waals surface area contributed by atoms with Gasteiger partial charge in [0.05, 0.1) is 0 Å². The standard InChI is InChI=1S/C105H78N8/c1-8-28-76(29-9-1)73-106-100-45-25-22-42-94(100)97-70-91(64-67-103(97)106)111(85-52-48-83(49-53-85)109(79-34-14-4-15-35-79)80-36-16-5-17-37-80)87-56-60-89(61-57-87)113(93-66-69-105-99(72-93)96-44-24-27-47-102(96)108(105)75-78-32-12-3-13-33-78)90-62-58-88(59-63-90)112(86-54-50-84(51-55-86)110(81-38-18-6-19-39-81)82-40-20-7-21-41-82)92-65-68-104-98(71-92)95-43-23-26-46-101(95)107(104)74-77-30-10-2-11-31-77/h1-72H,73-75H2. The van der Waals surface area contributed by atoms with Gasteiger partial charge in [0, 0.05) is 170 Å². The molecule has 8 heteroatoms. The topological polar surface area (TPSA) is 31.0 Å². The highest BCUT2D eigenvalue weighted by Crippen LogP contribution is 2.48. The van der Waals surface area contributed by atoms with E-state index < -0.39 is 0 Å². The van der Waals surface area contributed by atoms with Gasteiger partial charge in [0.25, 0.3) is 0 Å². The summed E-state index contributed by atoms with van der Waals surface area (Å²) in [5, 5.41) is 7.22. The van der Waals surface area contributed by atoms with Gasteiger partial charge in [-0.15, -0.1) is 0 Å². The molecule has 0 aliphatic rings. The molecule has 0 aliphatic carbocycles. The Hall–Kier alpha value is -14.9. The van der Waals surface area contributed by atoms with Crippen molar-refractivity contribution in [3.8, 4) is 0 Å². The molecule has 0 bridgehead atoms. The molecule has 538 valence electrons. The molecule has 0 radical (unpaired) electrons. The summed E-state index contributed by atoms with van der Waals surface area (Å²) < 4.78 is 7.40. The number of fused-ring (bicyclic) bond motifs is 9. The highest BCUT2D eigenvalue weighted by Gasteiger charge is 2.25. The number of hydrogen-bond donors (Lipinski definition) is 0. The molecular weight excluding hydrogens is 1370 g/mol. The zero-order chi connectivity index (χ0) is 75.0. The number of nitrogens with zero attached hydrogens (tertiary/aromatic N) is 8. The Morgan fingerprint density at radius 1 is 0.133 bits per heavy atom. The average Bonchev–Trinajstić information content (AvgIpc) is 1.65. The van der Waals surface area contributed by atoms with E-state index in [1.807, 2.05) is 0 Å². The lowest BCUT2D eigenvalue weighted by molar-refractivity contribution is 0.869. The van der Waals surface area contributed by atoms with E-state index in [-0.39, 0.29) is 0 Å². The summed E-state index contributed by atoms with van der Waals surface area (Å²) in [5.74, 6) is 0. The van der Waals surface area contributed by atoms with Crippen molar-refractivity contribution < 1.29 is 0 Å². The minimum absolute atomic E-state index is 0.747. The van der Waals surface area contributed by atoms with Gasteiger partial charge in [-0.2, -0.15) is 0 Å². The van der Waals surface area contributed by atoms with E-state index in [4.69, 9.17) is 0 Å². The fourth-order valence-corrected chi connectivity index (χ4v) is 16.9. The molecule has 0 fully saturated rings. The van der Waals surface area contributed by atoms with Crippen LogP contribution in [0.15, 0.2) is 437 Å². The molecule has 3 heterocycles. The van der Waals surface area contributed by atoms with Gasteiger partial charge in [0.15, 0.2) is 0 Å². The maximum absolute atomic E-state index is 2.47. The van der Waals surface area contributed by atoms with Crippen molar-refractivity contribution in [2.24, 2.45) is 0 Å². The highest BCUT2D eigenvalue weighted by molar-refractivity contribution is 6.12. The first-order valence-corrected chi connectivity index (χ1v) is 38.8. The summed E-state index contributed by atoms with van der Waals surface area (Å²) in [5.41, 5.74) is 26.6. The van der Waals surface area contributed by atoms with Gasteiger partial charge >= 0.3 is 0 Å². The third kappa shape index (κ3) is 12.9. The molecule has 0 aliphatic heterocycles. The summed E-state index contributed by atoms with van der Waals surface area (Å²) in [4.78, 5) is 11.9. The molecule has 20 aromatic rings. The molecule has 0 spiro atoms. The Balaban J connectivity index is 0.738. The second-order valence-corrected chi connectivity index (χ2v) is 29.0. The van der Waals surface area contributed by atoms with E-state index in [1.165, 1.54) is 82.1 Å². The van der Waals surface area contributed by atoms with Crippen molar-refractivity contribution in [2.45, 2.75) is 19.6 Å². The van der Waals surface area contributed by atoms with Crippen LogP contribution in [0.2, 0.25) is 0 Å². The molecule has 8 nitrogen and oxygen atoms in total. The van der Waals surface area contributed by atoms with Gasteiger partial charge < -0.3 is 38.2 Å². The van der Waals surface area contributed by atoms with Crippen LogP contribution in [0.3, 0.4) is 0 Å². The van der Waals surface area contributed by atoms with Crippen LogP contribution in [0.1, 0.15) is 16.7 Å². The van der Waals surface area contributed by atoms with E-state index in [0.717, 1.165) is 105 Å². The minimum atomic E-state index is 0.747. The van der Waals surface area contributed by atoms with Gasteiger partial charge in [-0.25, -0.2) is 0 Å². The van der Waals surface area contributed by atoms with Gasteiger partial charge in [-0.3, -0.25) is 0 Å². The van der Waals surface area contributed by atoms with Gasteiger partial charge in [-0.05, 0) is 235 Å². The molecule has 0 saturated carbocycles. The van der Waals surface area contributed by atoms with Crippen LogP contribution in [0.5, 0.6) is 0 Å². The Bertz CT molecular complexity index is 6320. The van der Waals surface area contributed by atoms with E-state index >= 15 is 0 Å². The predicted molar refractivity (Wildman–Crippen MR) is 475 cm³/mol. The van der Waals surface area contributed by atoms with Crippen molar-refractivity contribution >= 4 is 151 Å². The zero-order valence-electron chi connectivity index (χ0n) is 62.3. The van der Waals surface area contributed by atoms with Gasteiger partial charge in [0.2, 0.25) is 0 Å². The summed E-state index contributed by atoms with van der Waals surface area (Å²) >= 11 is 0. The molecule has 17 aromatic carbocycles. The van der Waals surface area contributed by atoms with Crippen LogP contribution in [-0.2, 0) is 19.6 Å². The second-order valence-electron chi connectivity index (χ2n) is 29.0. The van der Waals surface area contributed by atoms with E-state index in [9.17, 15) is 0 Å². The quantitative estimate of drug-likeness (QED) is 0.0716. The Labute approximate surface area is 657 Å². The number of anilines is 15. The third-order valence-corrected chi connectivity index (χ3v) is 22.1. The Morgan fingerprint density at radius 3 is 0.513 bits per heavy atom. The number of aromatic nitrogens is 3. The smallest absolute Gasteiger partial charge is 0.0496 e. The fourth-order valence-electron chi connectivity index (χ4n) is 16.9. The number of rotatable bonds is 21. The normalized spacial score (nSPS) is 11.5. The van der Waals surface area contributed by atoms with Crippen LogP contribution in [-0.4, -0.2) is 13.7 Å². The van der Waals surface area contributed by atoms with Crippen LogP contribution < -0.4 is 24.5 Å². The van der Waals surface area contributed by atoms with Crippen LogP contribution in [0, 0.1) is 0 Å². The van der Waals surface area contributed by atoms with Gasteiger partial charge in [0.1, 0.15) is 0 Å². The largest absolute Gasteiger partial charge is 0.336 e. The number of benzene rings is 17. The van der Waals surface area contributed by atoms with Crippen molar-refractivity contribution in [1.82, 2.24) is 13.7 Å². The molecular formula is C105H78N8. The first-order valence-electron chi connectivity index (χ1n) is 38.8. The molecule has 0 atom stereocenters. The molecule has 0 unspecified atom stereocenters. The summed E-state index contributed by atoms with van der Waals surface area (Å²) in [6.45, 7) is 2.26. The van der Waals surface area contributed by atoms with Crippen LogP contribution in [0.25, 0.3) is 65.4 Å². The third-order valence-electron chi connectivity index (χ3n) is 22.1. The fraction of sp³-hybridized carbons (Fsp3) is 0.0286. The average molecular weight is 1450 g/mol. The predicted octanol–water partition coefficient (Wildman–Crippen LogP) is 28.5. The lowest BCUT2D eigenvalue weighted by Gasteiger charge is -2.30. The molecule has 0 saturated heterocycles. The molecule has 0 N–H and O–H groups in total. The van der Waals surface area contributed by atoms with E-state index in [1.54, 1.807) is 0 Å². The van der Waals surface area contributed by atoms with Crippen LogP contribution in [0.4, 0.5) is 85.3 Å². The van der Waals surface area contributed by atoms with E-state index in [0.29, 0.717) is 0 Å². The SMILES string of the molecule is c1ccc(Cn2c3ccccc3c3cc(N(c4ccc(N(c5ccccc5)c5ccccc5)cc4)c4ccc(N(c5ccc(N(c6ccc(N(c7ccccc7)c7ccccc7)cc6)c6ccc7c(c6)c6ccccc6n7Cc6ccccc6)cc5)c5ccc6c(c5)c5ccccc5n6Cc5ccccc5)cc4)ccc32)cc1. The maximum Gasteiger partial charge on any atom is 0.0496 e. The lowest BCUT2D eigenvalue weighted by Crippen LogP contribution is -2.14. The summed E-state index contributed by atoms with van der Waals surface area (Å²) in [7, 11) is 0. The lowest BCUT2D eigenvalue weighted by atomic mass is 10.1. The van der Waals surface area contributed by atoms with Gasteiger partial charge in [-0.1, -0.05) is 218 Å². The van der Waals surface area contributed by atoms with E-state index in [2.05, 4.69) is 475 Å². The molecule has 3 aromatic heterocycles. The Morgan fingerprint density at radius 2 is 0.292 bits per heavy atom. The minimum Gasteiger partial charge on any atom is -0.336 e. The molecule has 20 rings (SSSR count). The summed E-state index contributed by atoms with van der Waals surface area (Å²) in [6, 6.07) is 159. The van der Waals surface area contributed by atoms with Crippen LogP contribution >= 0.6 is 0 Å². The van der Waals surface area contributed by atoms with Crippen molar-refractivity contribution in [2.75, 3.05) is 24.5 Å². The van der Waals surface area contributed by atoms with Crippen molar-refractivity contribution in [1.29, 1.82) is 0 Å².